The van der Waals surface area contributed by atoms with Crippen LogP contribution < -0.4 is 15.4 Å². The second-order valence-electron chi connectivity index (χ2n) is 6.26. The zero-order valence-electron chi connectivity index (χ0n) is 16.0. The van der Waals surface area contributed by atoms with Gasteiger partial charge in [0.05, 0.1) is 22.6 Å². The summed E-state index contributed by atoms with van der Waals surface area (Å²) < 4.78 is 7.66. The number of amides is 1. The maximum Gasteiger partial charge on any atom is 0.248 e. The number of halogens is 1. The maximum absolute atomic E-state index is 11.6. The lowest BCUT2D eigenvalue weighted by Crippen LogP contribution is -2.07. The second kappa shape index (κ2) is 8.26. The first kappa shape index (κ1) is 19.5. The van der Waals surface area contributed by atoms with Crippen molar-refractivity contribution in [2.75, 3.05) is 10.6 Å². The molecule has 30 heavy (non-hydrogen) atoms. The van der Waals surface area contributed by atoms with Gasteiger partial charge in [0.2, 0.25) is 17.7 Å². The fraction of sp³-hybridized carbons (Fsp3) is 0.100. The van der Waals surface area contributed by atoms with Crippen LogP contribution in [0.25, 0.3) is 5.52 Å². The van der Waals surface area contributed by atoms with E-state index in [1.807, 2.05) is 19.1 Å². The van der Waals surface area contributed by atoms with Crippen LogP contribution in [0.3, 0.4) is 0 Å². The lowest BCUT2D eigenvalue weighted by atomic mass is 10.3. The van der Waals surface area contributed by atoms with Gasteiger partial charge in [-0.2, -0.15) is 10.1 Å². The van der Waals surface area contributed by atoms with E-state index in [4.69, 9.17) is 16.3 Å². The van der Waals surface area contributed by atoms with E-state index in [9.17, 15) is 4.79 Å². The van der Waals surface area contributed by atoms with Gasteiger partial charge in [-0.3, -0.25) is 9.89 Å². The Morgan fingerprint density at radius 3 is 3.07 bits per heavy atom. The molecule has 1 aromatic carbocycles. The molecule has 1 amide bonds. The van der Waals surface area contributed by atoms with E-state index in [2.05, 4.69) is 37.5 Å². The molecule has 0 fully saturated rings. The zero-order valence-corrected chi connectivity index (χ0v) is 16.8. The van der Waals surface area contributed by atoms with Crippen LogP contribution in [0.2, 0.25) is 5.02 Å². The highest BCUT2D eigenvalue weighted by molar-refractivity contribution is 6.32. The van der Waals surface area contributed by atoms with Crippen LogP contribution in [-0.4, -0.2) is 30.7 Å². The molecule has 4 rings (SSSR count). The van der Waals surface area contributed by atoms with E-state index in [-0.39, 0.29) is 5.91 Å². The molecule has 0 saturated heterocycles. The second-order valence-corrected chi connectivity index (χ2v) is 6.67. The summed E-state index contributed by atoms with van der Waals surface area (Å²) in [6.45, 7) is 5.46. The Morgan fingerprint density at radius 2 is 2.27 bits per heavy atom. The van der Waals surface area contributed by atoms with Crippen molar-refractivity contribution in [3.63, 3.8) is 0 Å². The number of aromatic amines is 1. The molecule has 3 aromatic heterocycles. The van der Waals surface area contributed by atoms with Gasteiger partial charge in [-0.25, -0.2) is 4.52 Å². The monoisotopic (exact) mass is 423 g/mol. The molecule has 152 valence electrons. The molecule has 0 aliphatic rings. The van der Waals surface area contributed by atoms with Crippen molar-refractivity contribution in [3.05, 3.63) is 66.1 Å². The van der Waals surface area contributed by atoms with Gasteiger partial charge in [0.15, 0.2) is 0 Å². The van der Waals surface area contributed by atoms with E-state index in [1.165, 1.54) is 6.08 Å². The maximum atomic E-state index is 11.6. The number of hydrogen-bond donors (Lipinski definition) is 3. The fourth-order valence-electron chi connectivity index (χ4n) is 2.80. The normalized spacial score (nSPS) is 10.7. The highest BCUT2D eigenvalue weighted by Gasteiger charge is 2.14. The number of nitrogens with zero attached hydrogens (tertiary/aromatic N) is 4. The van der Waals surface area contributed by atoms with E-state index in [0.717, 1.165) is 17.8 Å². The number of carbonyl (C=O) groups excluding carboxylic acids is 1. The zero-order chi connectivity index (χ0) is 21.1. The highest BCUT2D eigenvalue weighted by atomic mass is 35.5. The number of hydrogen-bond acceptors (Lipinski definition) is 6. The molecule has 9 nitrogen and oxygen atoms in total. The first-order valence-corrected chi connectivity index (χ1v) is 9.50. The molecule has 0 aliphatic heterocycles. The Labute approximate surface area is 176 Å². The van der Waals surface area contributed by atoms with Crippen molar-refractivity contribution in [1.29, 1.82) is 0 Å². The highest BCUT2D eigenvalue weighted by Crippen LogP contribution is 2.33. The Hall–Kier alpha value is -3.85. The van der Waals surface area contributed by atoms with E-state index >= 15 is 0 Å². The number of fused-ring (bicyclic) bond motifs is 1. The molecular weight excluding hydrogens is 406 g/mol. The van der Waals surface area contributed by atoms with Crippen LogP contribution in [0.15, 0.2) is 55.4 Å². The smallest absolute Gasteiger partial charge is 0.248 e. The van der Waals surface area contributed by atoms with Gasteiger partial charge in [0.25, 0.3) is 0 Å². The van der Waals surface area contributed by atoms with Gasteiger partial charge in [-0.05, 0) is 36.8 Å². The number of benzene rings is 1. The lowest BCUT2D eigenvalue weighted by molar-refractivity contribution is -0.111. The molecule has 0 unspecified atom stereocenters. The average molecular weight is 424 g/mol. The number of anilines is 3. The third kappa shape index (κ3) is 3.96. The average Bonchev–Trinajstić information content (AvgIpc) is 3.39. The lowest BCUT2D eigenvalue weighted by Gasteiger charge is -2.12. The summed E-state index contributed by atoms with van der Waals surface area (Å²) in [6.07, 6.45) is 5.41. The Morgan fingerprint density at radius 1 is 1.40 bits per heavy atom. The number of H-pyrrole nitrogens is 1. The van der Waals surface area contributed by atoms with Crippen LogP contribution in [0, 0.1) is 0 Å². The first-order chi connectivity index (χ1) is 14.6. The van der Waals surface area contributed by atoms with Gasteiger partial charge in [-0.15, -0.1) is 5.10 Å². The molecule has 0 radical (unpaired) electrons. The molecule has 10 heteroatoms. The van der Waals surface area contributed by atoms with Gasteiger partial charge in [0.1, 0.15) is 11.3 Å². The van der Waals surface area contributed by atoms with Crippen molar-refractivity contribution >= 4 is 40.3 Å². The fourth-order valence-corrected chi connectivity index (χ4v) is 2.96. The minimum absolute atomic E-state index is 0.299. The first-order valence-electron chi connectivity index (χ1n) is 9.13. The molecule has 0 atom stereocenters. The summed E-state index contributed by atoms with van der Waals surface area (Å²) in [5, 5.41) is 17.6. The number of rotatable bonds is 7. The van der Waals surface area contributed by atoms with Gasteiger partial charge in [-0.1, -0.05) is 25.1 Å². The topological polar surface area (TPSA) is 109 Å². The SMILES string of the molecule is C=CC(=O)Nc1ccc(Cl)c(Oc2nc(Nc3cn[nH]c3CC)nn3cccc23)c1. The number of carbonyl (C=O) groups is 1. The molecule has 4 aromatic rings. The Bertz CT molecular complexity index is 1230. The van der Waals surface area contributed by atoms with Crippen molar-refractivity contribution in [2.24, 2.45) is 0 Å². The summed E-state index contributed by atoms with van der Waals surface area (Å²) in [5.74, 6) is 0.631. The minimum Gasteiger partial charge on any atom is -0.435 e. The van der Waals surface area contributed by atoms with Crippen molar-refractivity contribution in [1.82, 2.24) is 24.8 Å². The van der Waals surface area contributed by atoms with Crippen LogP contribution in [-0.2, 0) is 11.2 Å². The molecule has 0 aliphatic carbocycles. The van der Waals surface area contributed by atoms with E-state index < -0.39 is 0 Å². The third-order valence-electron chi connectivity index (χ3n) is 4.27. The van der Waals surface area contributed by atoms with Gasteiger partial charge >= 0.3 is 0 Å². The minimum atomic E-state index is -0.336. The van der Waals surface area contributed by atoms with Crippen LogP contribution >= 0.6 is 11.6 Å². The summed E-state index contributed by atoms with van der Waals surface area (Å²) >= 11 is 6.30. The number of nitrogens with one attached hydrogen (secondary N) is 3. The predicted octanol–water partition coefficient (Wildman–Crippen LogP) is 4.33. The van der Waals surface area contributed by atoms with Crippen LogP contribution in [0.1, 0.15) is 12.6 Å². The van der Waals surface area contributed by atoms with Gasteiger partial charge in [0, 0.05) is 18.0 Å². The van der Waals surface area contributed by atoms with Crippen molar-refractivity contribution in [2.45, 2.75) is 13.3 Å². The quantitative estimate of drug-likeness (QED) is 0.382. The van der Waals surface area contributed by atoms with Crippen molar-refractivity contribution in [3.8, 4) is 11.6 Å². The standard InChI is InChI=1S/C20H18ClN7O2/c1-3-14-15(11-22-26-14)24-20-25-19(16-6-5-9-28(16)27-20)30-17-10-12(7-8-13(17)21)23-18(29)4-2/h4-11H,2-3H2,1H3,(H,22,26)(H,23,29)(H,24,27). The molecule has 0 saturated carbocycles. The summed E-state index contributed by atoms with van der Waals surface area (Å²) in [7, 11) is 0. The summed E-state index contributed by atoms with van der Waals surface area (Å²) in [5.41, 5.74) is 2.88. The van der Waals surface area contributed by atoms with Crippen LogP contribution in [0.4, 0.5) is 17.3 Å². The molecule has 0 spiro atoms. The molecule has 3 N–H and O–H groups in total. The molecular formula is C20H18ClN7O2. The largest absolute Gasteiger partial charge is 0.435 e. The Kier molecular flexibility index (Phi) is 5.36. The number of aromatic nitrogens is 5. The number of aryl methyl sites for hydroxylation is 1. The number of ether oxygens (including phenoxy) is 1. The van der Waals surface area contributed by atoms with E-state index in [1.54, 1.807) is 35.1 Å². The summed E-state index contributed by atoms with van der Waals surface area (Å²) in [4.78, 5) is 16.1. The van der Waals surface area contributed by atoms with Crippen molar-refractivity contribution < 1.29 is 9.53 Å². The Balaban J connectivity index is 1.69. The summed E-state index contributed by atoms with van der Waals surface area (Å²) in [6, 6.07) is 8.57. The van der Waals surface area contributed by atoms with E-state index in [0.29, 0.717) is 33.8 Å². The van der Waals surface area contributed by atoms with Crippen LogP contribution in [0.5, 0.6) is 11.6 Å². The predicted molar refractivity (Wildman–Crippen MR) is 115 cm³/mol. The third-order valence-corrected chi connectivity index (χ3v) is 4.58. The van der Waals surface area contributed by atoms with Gasteiger partial charge < -0.3 is 15.4 Å². The molecule has 3 heterocycles. The molecule has 0 bridgehead atoms.